The molecule has 0 aliphatic carbocycles. The molecule has 22 heavy (non-hydrogen) atoms. The van der Waals surface area contributed by atoms with Gasteiger partial charge in [-0.2, -0.15) is 0 Å². The van der Waals surface area contributed by atoms with Crippen molar-refractivity contribution >= 4 is 17.7 Å². The Morgan fingerprint density at radius 3 is 2.00 bits per heavy atom. The first-order valence-corrected chi connectivity index (χ1v) is 7.47. The van der Waals surface area contributed by atoms with Gasteiger partial charge in [0.05, 0.1) is 0 Å². The van der Waals surface area contributed by atoms with Gasteiger partial charge in [0.2, 0.25) is 17.7 Å². The fraction of sp³-hybridized carbons (Fsp3) is 0.800. The molecule has 128 valence electrons. The predicted molar refractivity (Wildman–Crippen MR) is 82.9 cm³/mol. The van der Waals surface area contributed by atoms with Gasteiger partial charge in [0.1, 0.15) is 6.04 Å². The van der Waals surface area contributed by atoms with Crippen LogP contribution in [0.15, 0.2) is 0 Å². The van der Waals surface area contributed by atoms with Gasteiger partial charge in [-0.05, 0) is 17.8 Å². The van der Waals surface area contributed by atoms with Gasteiger partial charge in [0.15, 0.2) is 0 Å². The van der Waals surface area contributed by atoms with Crippen LogP contribution in [0.25, 0.3) is 0 Å². The van der Waals surface area contributed by atoms with Crippen molar-refractivity contribution in [3.05, 3.63) is 0 Å². The molecule has 4 N–H and O–H groups in total. The summed E-state index contributed by atoms with van der Waals surface area (Å²) in [5.74, 6) is -1.65. The van der Waals surface area contributed by atoms with E-state index in [2.05, 4.69) is 10.6 Å². The minimum atomic E-state index is -0.697. The molecule has 0 spiro atoms. The molecule has 0 rings (SSSR count). The SMILES string of the molecule is CNC(=O)[C@@H](NC(=O)[C@H](CC(=O)NO)CC(C)C)C(C)(C)C. The third-order valence-electron chi connectivity index (χ3n) is 3.34. The van der Waals surface area contributed by atoms with Crippen molar-refractivity contribution in [3.8, 4) is 0 Å². The van der Waals surface area contributed by atoms with Crippen molar-refractivity contribution in [2.45, 2.75) is 53.5 Å². The first kappa shape index (κ1) is 20.4. The van der Waals surface area contributed by atoms with Gasteiger partial charge in [-0.15, -0.1) is 0 Å². The Morgan fingerprint density at radius 2 is 1.64 bits per heavy atom. The number of hydrogen-bond donors (Lipinski definition) is 4. The summed E-state index contributed by atoms with van der Waals surface area (Å²) in [6.45, 7) is 9.44. The minimum Gasteiger partial charge on any atom is -0.357 e. The lowest BCUT2D eigenvalue weighted by Crippen LogP contribution is -2.54. The smallest absolute Gasteiger partial charge is 0.244 e. The van der Waals surface area contributed by atoms with Crippen LogP contribution in [0.2, 0.25) is 0 Å². The molecule has 0 unspecified atom stereocenters. The molecule has 0 aliphatic heterocycles. The zero-order valence-corrected chi connectivity index (χ0v) is 14.3. The topological polar surface area (TPSA) is 108 Å². The zero-order valence-electron chi connectivity index (χ0n) is 14.3. The summed E-state index contributed by atoms with van der Waals surface area (Å²) < 4.78 is 0. The average Bonchev–Trinajstić information content (AvgIpc) is 2.40. The van der Waals surface area contributed by atoms with Crippen molar-refractivity contribution in [2.75, 3.05) is 7.05 Å². The van der Waals surface area contributed by atoms with Crippen molar-refractivity contribution < 1.29 is 19.6 Å². The van der Waals surface area contributed by atoms with Crippen molar-refractivity contribution in [2.24, 2.45) is 17.3 Å². The highest BCUT2D eigenvalue weighted by atomic mass is 16.5. The van der Waals surface area contributed by atoms with Crippen LogP contribution in [0.5, 0.6) is 0 Å². The molecule has 3 amide bonds. The van der Waals surface area contributed by atoms with E-state index in [0.717, 1.165) is 0 Å². The summed E-state index contributed by atoms with van der Waals surface area (Å²) in [4.78, 5) is 35.8. The fourth-order valence-corrected chi connectivity index (χ4v) is 2.20. The lowest BCUT2D eigenvalue weighted by molar-refractivity contribution is -0.137. The summed E-state index contributed by atoms with van der Waals surface area (Å²) in [6.07, 6.45) is 0.370. The minimum absolute atomic E-state index is 0.120. The van der Waals surface area contributed by atoms with Gasteiger partial charge in [0.25, 0.3) is 0 Å². The van der Waals surface area contributed by atoms with Crippen molar-refractivity contribution in [1.82, 2.24) is 16.1 Å². The summed E-state index contributed by atoms with van der Waals surface area (Å²) in [5, 5.41) is 13.9. The number of carbonyl (C=O) groups is 3. The van der Waals surface area contributed by atoms with E-state index in [1.165, 1.54) is 7.05 Å². The summed E-state index contributed by atoms with van der Waals surface area (Å²) in [6, 6.07) is -0.697. The number of likely N-dealkylation sites (N-methyl/N-ethyl adjacent to an activating group) is 1. The van der Waals surface area contributed by atoms with Crippen molar-refractivity contribution in [3.63, 3.8) is 0 Å². The van der Waals surface area contributed by atoms with E-state index in [4.69, 9.17) is 5.21 Å². The number of amides is 3. The van der Waals surface area contributed by atoms with Crippen LogP contribution in [-0.2, 0) is 14.4 Å². The van der Waals surface area contributed by atoms with E-state index in [-0.39, 0.29) is 24.2 Å². The molecule has 0 aromatic rings. The van der Waals surface area contributed by atoms with Crippen LogP contribution in [0.4, 0.5) is 0 Å². The molecule has 7 nitrogen and oxygen atoms in total. The Kier molecular flexibility index (Phi) is 8.08. The van der Waals surface area contributed by atoms with E-state index < -0.39 is 23.3 Å². The predicted octanol–water partition coefficient (Wildman–Crippen LogP) is 0.821. The summed E-state index contributed by atoms with van der Waals surface area (Å²) >= 11 is 0. The third-order valence-corrected chi connectivity index (χ3v) is 3.34. The largest absolute Gasteiger partial charge is 0.357 e. The van der Waals surface area contributed by atoms with Crippen LogP contribution < -0.4 is 16.1 Å². The highest BCUT2D eigenvalue weighted by molar-refractivity contribution is 5.90. The Labute approximate surface area is 132 Å². The lowest BCUT2D eigenvalue weighted by Gasteiger charge is -2.31. The molecule has 0 saturated carbocycles. The number of hydrogen-bond acceptors (Lipinski definition) is 4. The van der Waals surface area contributed by atoms with Crippen molar-refractivity contribution in [1.29, 1.82) is 0 Å². The van der Waals surface area contributed by atoms with Gasteiger partial charge < -0.3 is 10.6 Å². The molecule has 0 bridgehead atoms. The van der Waals surface area contributed by atoms with Gasteiger partial charge >= 0.3 is 0 Å². The fourth-order valence-electron chi connectivity index (χ4n) is 2.20. The number of hydroxylamine groups is 1. The Balaban J connectivity index is 5.11. The Bertz CT molecular complexity index is 402. The Hall–Kier alpha value is -1.63. The maximum Gasteiger partial charge on any atom is 0.244 e. The molecule has 0 heterocycles. The Morgan fingerprint density at radius 1 is 1.09 bits per heavy atom. The molecule has 0 aliphatic rings. The quantitative estimate of drug-likeness (QED) is 0.412. The molecule has 0 aromatic heterocycles. The maximum atomic E-state index is 12.5. The van der Waals surface area contributed by atoms with E-state index in [1.807, 2.05) is 34.6 Å². The van der Waals surface area contributed by atoms with E-state index in [0.29, 0.717) is 6.42 Å². The van der Waals surface area contributed by atoms with Crippen LogP contribution in [0.1, 0.15) is 47.5 Å². The van der Waals surface area contributed by atoms with E-state index >= 15 is 0 Å². The van der Waals surface area contributed by atoms with Crippen LogP contribution >= 0.6 is 0 Å². The average molecular weight is 315 g/mol. The van der Waals surface area contributed by atoms with Crippen LogP contribution in [0.3, 0.4) is 0 Å². The summed E-state index contributed by atoms with van der Waals surface area (Å²) in [5.41, 5.74) is 1.08. The van der Waals surface area contributed by atoms with E-state index in [1.54, 1.807) is 5.48 Å². The normalized spacial score (nSPS) is 14.2. The van der Waals surface area contributed by atoms with Gasteiger partial charge in [-0.25, -0.2) is 5.48 Å². The van der Waals surface area contributed by atoms with Gasteiger partial charge in [-0.3, -0.25) is 19.6 Å². The monoisotopic (exact) mass is 315 g/mol. The molecular formula is C15H29N3O4. The first-order valence-electron chi connectivity index (χ1n) is 7.47. The highest BCUT2D eigenvalue weighted by Crippen LogP contribution is 2.22. The van der Waals surface area contributed by atoms with E-state index in [9.17, 15) is 14.4 Å². The number of nitrogens with one attached hydrogen (secondary N) is 3. The maximum absolute atomic E-state index is 12.5. The second-order valence-corrected chi connectivity index (χ2v) is 6.99. The molecule has 7 heteroatoms. The molecule has 0 aromatic carbocycles. The first-order chi connectivity index (χ1) is 10.0. The number of carbonyl (C=O) groups excluding carboxylic acids is 3. The summed E-state index contributed by atoms with van der Waals surface area (Å²) in [7, 11) is 1.51. The van der Waals surface area contributed by atoms with Gasteiger partial charge in [-0.1, -0.05) is 34.6 Å². The second kappa shape index (κ2) is 8.73. The number of rotatable bonds is 7. The van der Waals surface area contributed by atoms with Crippen LogP contribution in [-0.4, -0.2) is 36.0 Å². The lowest BCUT2D eigenvalue weighted by atomic mass is 9.85. The highest BCUT2D eigenvalue weighted by Gasteiger charge is 2.34. The second-order valence-electron chi connectivity index (χ2n) is 6.99. The van der Waals surface area contributed by atoms with Gasteiger partial charge in [0, 0.05) is 19.4 Å². The zero-order chi connectivity index (χ0) is 17.5. The molecule has 0 radical (unpaired) electrons. The molecule has 2 atom stereocenters. The molecule has 0 fully saturated rings. The van der Waals surface area contributed by atoms with Crippen LogP contribution in [0, 0.1) is 17.3 Å². The molecule has 0 saturated heterocycles. The molecular weight excluding hydrogens is 286 g/mol. The third kappa shape index (κ3) is 6.89. The standard InChI is InChI=1S/C15H29N3O4/c1-9(2)7-10(8-11(19)18-22)13(20)17-12(14(21)16-6)15(3,4)5/h9-10,12,22H,7-8H2,1-6H3,(H,16,21)(H,17,20)(H,18,19)/t10-,12+/m0/s1.